The van der Waals surface area contributed by atoms with Crippen molar-refractivity contribution in [1.29, 1.82) is 0 Å². The van der Waals surface area contributed by atoms with E-state index in [9.17, 15) is 14.0 Å². The number of hydrogen-bond acceptors (Lipinski definition) is 3. The van der Waals surface area contributed by atoms with Crippen LogP contribution in [0.3, 0.4) is 0 Å². The molecule has 0 unspecified atom stereocenters. The minimum atomic E-state index is -1.22. The van der Waals surface area contributed by atoms with Crippen molar-refractivity contribution in [2.75, 3.05) is 0 Å². The van der Waals surface area contributed by atoms with E-state index in [-0.39, 0.29) is 13.3 Å². The number of amides is 1. The lowest BCUT2D eigenvalue weighted by atomic mass is 10.1. The molecule has 1 aromatic carbocycles. The number of alkyl carbamates (subject to hydrolysis) is 1. The number of benzene rings is 1. The van der Waals surface area contributed by atoms with E-state index >= 15 is 0 Å². The van der Waals surface area contributed by atoms with Crippen LogP contribution in [0.5, 0.6) is 0 Å². The van der Waals surface area contributed by atoms with Gasteiger partial charge in [-0.05, 0) is 38.4 Å². The minimum Gasteiger partial charge on any atom is -0.480 e. The fourth-order valence-electron chi connectivity index (χ4n) is 1.48. The molecule has 6 heteroatoms. The van der Waals surface area contributed by atoms with Crippen molar-refractivity contribution >= 4 is 12.1 Å². The predicted octanol–water partition coefficient (Wildman–Crippen LogP) is 2.35. The van der Waals surface area contributed by atoms with Crippen LogP contribution in [0.1, 0.15) is 27.7 Å². The molecule has 0 fully saturated rings. The second-order valence-electron chi connectivity index (χ2n) is 5.01. The second-order valence-corrected chi connectivity index (χ2v) is 5.01. The first kappa shape index (κ1) is 14.3. The summed E-state index contributed by atoms with van der Waals surface area (Å²) in [6.07, 6.45) is -0.895. The van der Waals surface area contributed by atoms with Gasteiger partial charge in [0.2, 0.25) is 0 Å². The fraction of sp³-hybridized carbons (Fsp3) is 0.429. The van der Waals surface area contributed by atoms with E-state index in [1.807, 2.05) is 0 Å². The Morgan fingerprint density at radius 1 is 1.45 bits per heavy atom. The minimum absolute atomic E-state index is 0.00597. The number of carbonyl (C=O) groups excluding carboxylic acids is 1. The van der Waals surface area contributed by atoms with E-state index in [1.165, 1.54) is 24.3 Å². The fourth-order valence-corrected chi connectivity index (χ4v) is 1.48. The van der Waals surface area contributed by atoms with E-state index in [0.717, 1.165) is 0 Å². The van der Waals surface area contributed by atoms with Gasteiger partial charge in [0.25, 0.3) is 0 Å². The number of rotatable bonds is 4. The van der Waals surface area contributed by atoms with Gasteiger partial charge in [-0.1, -0.05) is 12.1 Å². The molecule has 1 rings (SSSR count). The Labute approximate surface area is 118 Å². The van der Waals surface area contributed by atoms with Crippen LogP contribution in [0.15, 0.2) is 24.3 Å². The standard InChI is InChI=1S/C14H18FNO4/c1-14(2,3)20-13(19)16-11(12(17)18)8-9-4-6-10(15)7-5-9/h4-7,11H,8H2,1-3H3,(H,16,19)(H,17,18)/t11-/m0/s1/i1D. The number of halogens is 1. The third-order valence-electron chi connectivity index (χ3n) is 2.31. The molecular formula is C14H18FNO4. The lowest BCUT2D eigenvalue weighted by Gasteiger charge is -2.22. The Morgan fingerprint density at radius 2 is 2.05 bits per heavy atom. The number of carboxylic acid groups (broad SMARTS) is 1. The zero-order valence-electron chi connectivity index (χ0n) is 12.4. The normalized spacial score (nSPS) is 13.2. The van der Waals surface area contributed by atoms with Crippen LogP contribution in [0.2, 0.25) is 0 Å². The van der Waals surface area contributed by atoms with Crippen molar-refractivity contribution in [2.24, 2.45) is 0 Å². The lowest BCUT2D eigenvalue weighted by molar-refractivity contribution is -0.139. The van der Waals surface area contributed by atoms with Crippen LogP contribution >= 0.6 is 0 Å². The summed E-state index contributed by atoms with van der Waals surface area (Å²) in [4.78, 5) is 22.8. The zero-order valence-corrected chi connectivity index (χ0v) is 11.4. The first-order chi connectivity index (χ1) is 9.73. The molecule has 0 aromatic heterocycles. The number of aliphatic carboxylic acids is 1. The molecule has 20 heavy (non-hydrogen) atoms. The lowest BCUT2D eigenvalue weighted by Crippen LogP contribution is -2.44. The molecule has 0 aliphatic rings. The van der Waals surface area contributed by atoms with E-state index in [4.69, 9.17) is 11.2 Å². The highest BCUT2D eigenvalue weighted by Crippen LogP contribution is 2.09. The van der Waals surface area contributed by atoms with Gasteiger partial charge in [-0.25, -0.2) is 14.0 Å². The summed E-state index contributed by atoms with van der Waals surface area (Å²) >= 11 is 0. The number of carboxylic acids is 1. The molecule has 0 bridgehead atoms. The van der Waals surface area contributed by atoms with Crippen molar-refractivity contribution in [1.82, 2.24) is 5.32 Å². The van der Waals surface area contributed by atoms with Crippen LogP contribution < -0.4 is 5.32 Å². The van der Waals surface area contributed by atoms with Gasteiger partial charge in [0, 0.05) is 7.79 Å². The molecule has 0 spiro atoms. The summed E-state index contributed by atoms with van der Waals surface area (Å²) in [5.41, 5.74) is -0.424. The topological polar surface area (TPSA) is 75.6 Å². The Kier molecular flexibility index (Phi) is 4.55. The third kappa shape index (κ3) is 5.69. The average molecular weight is 284 g/mol. The van der Waals surface area contributed by atoms with Crippen LogP contribution in [0, 0.1) is 5.82 Å². The van der Waals surface area contributed by atoms with Gasteiger partial charge < -0.3 is 15.2 Å². The molecule has 1 amide bonds. The average Bonchev–Trinajstić information content (AvgIpc) is 2.39. The van der Waals surface area contributed by atoms with Gasteiger partial charge in [-0.2, -0.15) is 0 Å². The number of ether oxygens (including phenoxy) is 1. The van der Waals surface area contributed by atoms with Crippen LogP contribution in [0.25, 0.3) is 0 Å². The third-order valence-corrected chi connectivity index (χ3v) is 2.31. The van der Waals surface area contributed by atoms with Crippen molar-refractivity contribution < 1.29 is 25.2 Å². The highest BCUT2D eigenvalue weighted by molar-refractivity contribution is 5.80. The van der Waals surface area contributed by atoms with Crippen molar-refractivity contribution in [2.45, 2.75) is 38.8 Å². The van der Waals surface area contributed by atoms with Crippen molar-refractivity contribution in [3.05, 3.63) is 35.6 Å². The Morgan fingerprint density at radius 3 is 2.55 bits per heavy atom. The van der Waals surface area contributed by atoms with Crippen LogP contribution in [-0.4, -0.2) is 28.8 Å². The summed E-state index contributed by atoms with van der Waals surface area (Å²) in [5, 5.41) is 11.3. The number of nitrogens with one attached hydrogen (secondary N) is 1. The van der Waals surface area contributed by atoms with Gasteiger partial charge in [-0.3, -0.25) is 0 Å². The van der Waals surface area contributed by atoms with Gasteiger partial charge in [0.1, 0.15) is 17.5 Å². The largest absolute Gasteiger partial charge is 0.480 e. The van der Waals surface area contributed by atoms with Crippen LogP contribution in [-0.2, 0) is 16.0 Å². The van der Waals surface area contributed by atoms with Gasteiger partial charge in [0.15, 0.2) is 0 Å². The van der Waals surface area contributed by atoms with Gasteiger partial charge >= 0.3 is 12.1 Å². The number of hydrogen-bond donors (Lipinski definition) is 2. The molecule has 5 nitrogen and oxygen atoms in total. The first-order valence-electron chi connectivity index (χ1n) is 6.70. The maximum atomic E-state index is 12.8. The van der Waals surface area contributed by atoms with Crippen molar-refractivity contribution in [3.63, 3.8) is 0 Å². The molecule has 0 saturated heterocycles. The summed E-state index contributed by atoms with van der Waals surface area (Å²) in [5.74, 6) is -1.64. The smallest absolute Gasteiger partial charge is 0.408 e. The monoisotopic (exact) mass is 284 g/mol. The molecule has 0 aliphatic carbocycles. The van der Waals surface area contributed by atoms with Gasteiger partial charge in [0.05, 0.1) is 0 Å². The molecular weight excluding hydrogens is 265 g/mol. The Hall–Kier alpha value is -2.11. The summed E-state index contributed by atoms with van der Waals surface area (Å²) in [7, 11) is 0. The summed E-state index contributed by atoms with van der Waals surface area (Å²) in [6.45, 7) is 2.96. The highest BCUT2D eigenvalue weighted by atomic mass is 19.1. The maximum absolute atomic E-state index is 12.8. The van der Waals surface area contributed by atoms with E-state index in [1.54, 1.807) is 13.8 Å². The van der Waals surface area contributed by atoms with E-state index in [2.05, 4.69) is 5.32 Å². The quantitative estimate of drug-likeness (QED) is 0.890. The van der Waals surface area contributed by atoms with E-state index in [0.29, 0.717) is 5.56 Å². The molecule has 0 heterocycles. The maximum Gasteiger partial charge on any atom is 0.408 e. The van der Waals surface area contributed by atoms with Crippen molar-refractivity contribution in [3.8, 4) is 0 Å². The van der Waals surface area contributed by atoms with E-state index < -0.39 is 29.5 Å². The Balaban J connectivity index is 2.68. The molecule has 110 valence electrons. The molecule has 1 atom stereocenters. The summed E-state index contributed by atoms with van der Waals surface area (Å²) < 4.78 is 25.0. The number of carbonyl (C=O) groups is 2. The van der Waals surface area contributed by atoms with Crippen LogP contribution in [0.4, 0.5) is 9.18 Å². The van der Waals surface area contributed by atoms with Gasteiger partial charge in [-0.15, -0.1) is 0 Å². The highest BCUT2D eigenvalue weighted by Gasteiger charge is 2.24. The summed E-state index contributed by atoms with van der Waals surface area (Å²) in [6, 6.07) is 4.15. The first-order valence-corrected chi connectivity index (χ1v) is 5.99. The zero-order chi connectivity index (χ0) is 16.0. The molecule has 0 saturated carbocycles. The SMILES string of the molecule is [2H]CC(C)(C)OC(=O)N[C@@H](Cc1ccc(F)cc1)C(=O)O. The molecule has 0 aliphatic heterocycles. The second kappa shape index (κ2) is 6.36. The Bertz CT molecular complexity index is 504. The molecule has 1 aromatic rings. The molecule has 0 radical (unpaired) electrons. The molecule has 2 N–H and O–H groups in total. The predicted molar refractivity (Wildman–Crippen MR) is 70.9 cm³/mol.